The van der Waals surface area contributed by atoms with Gasteiger partial charge in [-0.25, -0.2) is 17.9 Å². The van der Waals surface area contributed by atoms with Crippen LogP contribution in [0, 0.1) is 5.82 Å². The fourth-order valence-corrected chi connectivity index (χ4v) is 2.28. The second-order valence-corrected chi connectivity index (χ2v) is 5.10. The highest BCUT2D eigenvalue weighted by Crippen LogP contribution is 2.37. The van der Waals surface area contributed by atoms with Crippen molar-refractivity contribution in [1.82, 2.24) is 0 Å². The molecule has 0 aliphatic rings. The topological polar surface area (TPSA) is 60.2 Å². The normalized spacial score (nSPS) is 12.9. The van der Waals surface area contributed by atoms with E-state index in [0.29, 0.717) is 12.1 Å². The van der Waals surface area contributed by atoms with Crippen molar-refractivity contribution in [2.24, 2.45) is 5.14 Å². The van der Waals surface area contributed by atoms with Gasteiger partial charge in [0.2, 0.25) is 10.0 Å². The number of sulfonamides is 1. The van der Waals surface area contributed by atoms with E-state index in [1.165, 1.54) is 0 Å². The fraction of sp³-hybridized carbons (Fsp3) is 0.143. The quantitative estimate of drug-likeness (QED) is 0.806. The summed E-state index contributed by atoms with van der Waals surface area (Å²) in [5, 5.41) is 4.62. The Morgan fingerprint density at radius 2 is 1.75 bits per heavy atom. The number of hydrogen-bond acceptors (Lipinski definition) is 2. The second-order valence-electron chi connectivity index (χ2n) is 2.78. The van der Waals surface area contributed by atoms with Gasteiger partial charge in [-0.15, -0.1) is 0 Å². The first kappa shape index (κ1) is 13.4. The zero-order valence-corrected chi connectivity index (χ0v) is 9.75. The van der Waals surface area contributed by atoms with E-state index < -0.39 is 36.9 Å². The molecule has 90 valence electrons. The molecular weight excluding hydrogens is 318 g/mol. The van der Waals surface area contributed by atoms with Crippen LogP contribution in [-0.4, -0.2) is 8.42 Å². The molecule has 0 unspecified atom stereocenters. The standard InChI is InChI=1S/C7H4BrF4NO2S/c8-5-3(7(10,11)12)1-2-4(6(5)9)16(13,14)15/h1-2H,(H2,13,14,15). The molecule has 0 fully saturated rings. The molecule has 2 N–H and O–H groups in total. The van der Waals surface area contributed by atoms with Gasteiger partial charge in [-0.1, -0.05) is 0 Å². The Hall–Kier alpha value is -0.670. The van der Waals surface area contributed by atoms with Gasteiger partial charge < -0.3 is 0 Å². The molecule has 3 nitrogen and oxygen atoms in total. The van der Waals surface area contributed by atoms with Crippen molar-refractivity contribution in [3.8, 4) is 0 Å². The Balaban J connectivity index is 3.54. The zero-order chi connectivity index (χ0) is 12.7. The number of halogens is 5. The monoisotopic (exact) mass is 321 g/mol. The van der Waals surface area contributed by atoms with Gasteiger partial charge in [-0.2, -0.15) is 13.2 Å². The lowest BCUT2D eigenvalue weighted by Crippen LogP contribution is -2.16. The van der Waals surface area contributed by atoms with Crippen LogP contribution in [0.5, 0.6) is 0 Å². The van der Waals surface area contributed by atoms with Crippen molar-refractivity contribution in [2.75, 3.05) is 0 Å². The van der Waals surface area contributed by atoms with Crippen molar-refractivity contribution in [3.63, 3.8) is 0 Å². The van der Waals surface area contributed by atoms with Crippen LogP contribution in [0.2, 0.25) is 0 Å². The number of alkyl halides is 3. The van der Waals surface area contributed by atoms with Gasteiger partial charge in [0, 0.05) is 0 Å². The van der Waals surface area contributed by atoms with E-state index in [9.17, 15) is 26.0 Å². The first-order valence-electron chi connectivity index (χ1n) is 3.63. The van der Waals surface area contributed by atoms with Gasteiger partial charge in [-0.05, 0) is 28.1 Å². The third kappa shape index (κ3) is 2.53. The van der Waals surface area contributed by atoms with E-state index in [-0.39, 0.29) is 0 Å². The Bertz CT molecular complexity index is 526. The summed E-state index contributed by atoms with van der Waals surface area (Å²) in [5.74, 6) is -1.56. The maximum absolute atomic E-state index is 13.3. The SMILES string of the molecule is NS(=O)(=O)c1ccc(C(F)(F)F)c(Br)c1F. The van der Waals surface area contributed by atoms with E-state index >= 15 is 0 Å². The van der Waals surface area contributed by atoms with E-state index in [1.54, 1.807) is 0 Å². The van der Waals surface area contributed by atoms with Gasteiger partial charge >= 0.3 is 6.18 Å². The summed E-state index contributed by atoms with van der Waals surface area (Å²) in [4.78, 5) is -0.993. The summed E-state index contributed by atoms with van der Waals surface area (Å²) in [6.07, 6.45) is -4.78. The molecule has 1 aromatic rings. The summed E-state index contributed by atoms with van der Waals surface area (Å²) in [6, 6.07) is 0.908. The fourth-order valence-electron chi connectivity index (χ4n) is 0.970. The average molecular weight is 322 g/mol. The maximum atomic E-state index is 13.3. The molecule has 0 amide bonds. The lowest BCUT2D eigenvalue weighted by atomic mass is 10.2. The van der Waals surface area contributed by atoms with Crippen molar-refractivity contribution < 1.29 is 26.0 Å². The van der Waals surface area contributed by atoms with Gasteiger partial charge in [0.15, 0.2) is 5.82 Å². The number of hydrogen-bond donors (Lipinski definition) is 1. The Morgan fingerprint density at radius 3 is 2.12 bits per heavy atom. The van der Waals surface area contributed by atoms with Crippen molar-refractivity contribution >= 4 is 26.0 Å². The molecule has 16 heavy (non-hydrogen) atoms. The van der Waals surface area contributed by atoms with Gasteiger partial charge in [0.25, 0.3) is 0 Å². The molecule has 1 rings (SSSR count). The van der Waals surface area contributed by atoms with Crippen LogP contribution >= 0.6 is 15.9 Å². The lowest BCUT2D eigenvalue weighted by Gasteiger charge is -2.11. The maximum Gasteiger partial charge on any atom is 0.417 e. The minimum atomic E-state index is -4.78. The number of benzene rings is 1. The van der Waals surface area contributed by atoms with Gasteiger partial charge in [0.1, 0.15) is 4.90 Å². The van der Waals surface area contributed by atoms with Crippen LogP contribution in [0.1, 0.15) is 5.56 Å². The Labute approximate surface area is 96.4 Å². The predicted molar refractivity (Wildman–Crippen MR) is 50.5 cm³/mol. The van der Waals surface area contributed by atoms with Gasteiger partial charge in [-0.3, -0.25) is 0 Å². The number of nitrogens with two attached hydrogens (primary N) is 1. The highest BCUT2D eigenvalue weighted by atomic mass is 79.9. The molecule has 0 aliphatic heterocycles. The minimum absolute atomic E-state index is 0.437. The third-order valence-corrected chi connectivity index (χ3v) is 3.36. The first-order valence-corrected chi connectivity index (χ1v) is 5.97. The van der Waals surface area contributed by atoms with E-state index in [1.807, 2.05) is 0 Å². The molecule has 0 aromatic heterocycles. The summed E-state index contributed by atoms with van der Waals surface area (Å²) in [5.41, 5.74) is -1.31. The van der Waals surface area contributed by atoms with Crippen LogP contribution in [0.25, 0.3) is 0 Å². The molecule has 0 atom stereocenters. The van der Waals surface area contributed by atoms with Crippen LogP contribution < -0.4 is 5.14 Å². The van der Waals surface area contributed by atoms with E-state index in [2.05, 4.69) is 21.1 Å². The van der Waals surface area contributed by atoms with Crippen molar-refractivity contribution in [3.05, 3.63) is 28.0 Å². The molecule has 0 saturated carbocycles. The molecule has 0 spiro atoms. The number of primary sulfonamides is 1. The molecule has 9 heteroatoms. The Morgan fingerprint density at radius 1 is 1.25 bits per heavy atom. The highest BCUT2D eigenvalue weighted by molar-refractivity contribution is 9.10. The number of rotatable bonds is 1. The molecule has 0 heterocycles. The van der Waals surface area contributed by atoms with Crippen LogP contribution in [0.3, 0.4) is 0 Å². The molecule has 0 radical (unpaired) electrons. The molecular formula is C7H4BrF4NO2S. The summed E-state index contributed by atoms with van der Waals surface area (Å²) in [6.45, 7) is 0. The van der Waals surface area contributed by atoms with Crippen LogP contribution in [0.15, 0.2) is 21.5 Å². The summed E-state index contributed by atoms with van der Waals surface area (Å²) in [7, 11) is -4.39. The molecule has 0 aliphatic carbocycles. The van der Waals surface area contributed by atoms with Crippen LogP contribution in [0.4, 0.5) is 17.6 Å². The van der Waals surface area contributed by atoms with Gasteiger partial charge in [0.05, 0.1) is 10.0 Å². The largest absolute Gasteiger partial charge is 0.417 e. The first-order chi connectivity index (χ1) is 7.05. The molecule has 1 aromatic carbocycles. The third-order valence-electron chi connectivity index (χ3n) is 1.66. The smallest absolute Gasteiger partial charge is 0.225 e. The second kappa shape index (κ2) is 3.97. The minimum Gasteiger partial charge on any atom is -0.225 e. The highest BCUT2D eigenvalue weighted by Gasteiger charge is 2.35. The van der Waals surface area contributed by atoms with Crippen molar-refractivity contribution in [1.29, 1.82) is 0 Å². The summed E-state index contributed by atoms with van der Waals surface area (Å²) < 4.78 is 70.7. The lowest BCUT2D eigenvalue weighted by molar-refractivity contribution is -0.138. The average Bonchev–Trinajstić information content (AvgIpc) is 2.05. The Kier molecular flexibility index (Phi) is 3.32. The molecule has 0 saturated heterocycles. The summed E-state index contributed by atoms with van der Waals surface area (Å²) >= 11 is 2.34. The van der Waals surface area contributed by atoms with Crippen LogP contribution in [-0.2, 0) is 16.2 Å². The van der Waals surface area contributed by atoms with E-state index in [0.717, 1.165) is 0 Å². The van der Waals surface area contributed by atoms with Crippen molar-refractivity contribution in [2.45, 2.75) is 11.1 Å². The zero-order valence-electron chi connectivity index (χ0n) is 7.35. The predicted octanol–water partition coefficient (Wildman–Crippen LogP) is 2.25. The van der Waals surface area contributed by atoms with E-state index in [4.69, 9.17) is 0 Å². The molecule has 0 bridgehead atoms.